The van der Waals surface area contributed by atoms with Gasteiger partial charge in [-0.2, -0.15) is 0 Å². The highest BCUT2D eigenvalue weighted by Gasteiger charge is 2.10. The Hall–Kier alpha value is -1.52. The third-order valence-electron chi connectivity index (χ3n) is 3.29. The van der Waals surface area contributed by atoms with Crippen molar-refractivity contribution in [3.05, 3.63) is 58.1 Å². The van der Waals surface area contributed by atoms with Crippen LogP contribution in [-0.4, -0.2) is 10.2 Å². The molecule has 3 N–H and O–H groups in total. The maximum Gasteiger partial charge on any atom is 0.123 e. The molecule has 0 aliphatic heterocycles. The number of hydrogen-bond donors (Lipinski definition) is 3. The van der Waals surface area contributed by atoms with Gasteiger partial charge in [-0.25, -0.2) is 0 Å². The van der Waals surface area contributed by atoms with E-state index in [1.54, 1.807) is 12.1 Å². The number of hydrogen-bond acceptors (Lipinski definition) is 3. The van der Waals surface area contributed by atoms with Crippen LogP contribution in [0, 0.1) is 0 Å². The van der Waals surface area contributed by atoms with Crippen molar-refractivity contribution in [1.82, 2.24) is 5.32 Å². The molecule has 0 heterocycles. The average Bonchev–Trinajstić information content (AvgIpc) is 2.43. The molecule has 1 unspecified atom stereocenters. The highest BCUT2D eigenvalue weighted by molar-refractivity contribution is 9.10. The van der Waals surface area contributed by atoms with Crippen LogP contribution in [-0.2, 0) is 6.54 Å². The lowest BCUT2D eigenvalue weighted by Crippen LogP contribution is -2.20. The Morgan fingerprint density at radius 2 is 1.80 bits per heavy atom. The predicted octanol–water partition coefficient (Wildman–Crippen LogP) is 4.10. The van der Waals surface area contributed by atoms with Crippen LogP contribution in [0.1, 0.15) is 30.5 Å². The van der Waals surface area contributed by atoms with Crippen LogP contribution in [0.25, 0.3) is 0 Å². The van der Waals surface area contributed by atoms with Crippen LogP contribution >= 0.6 is 15.9 Å². The van der Waals surface area contributed by atoms with Gasteiger partial charge in [0.2, 0.25) is 0 Å². The summed E-state index contributed by atoms with van der Waals surface area (Å²) in [5.41, 5.74) is 1.99. The first-order valence-corrected chi connectivity index (χ1v) is 7.39. The number of phenolic OH excluding ortho intramolecular Hbond substituents is 2. The van der Waals surface area contributed by atoms with E-state index in [0.717, 1.165) is 16.5 Å². The summed E-state index contributed by atoms with van der Waals surface area (Å²) < 4.78 is 1.06. The van der Waals surface area contributed by atoms with Gasteiger partial charge >= 0.3 is 0 Å². The quantitative estimate of drug-likeness (QED) is 0.770. The van der Waals surface area contributed by atoms with Gasteiger partial charge in [0, 0.05) is 28.7 Å². The third kappa shape index (κ3) is 3.74. The second-order valence-electron chi connectivity index (χ2n) is 4.71. The van der Waals surface area contributed by atoms with Gasteiger partial charge in [-0.3, -0.25) is 0 Å². The highest BCUT2D eigenvalue weighted by atomic mass is 79.9. The molecule has 106 valence electrons. The highest BCUT2D eigenvalue weighted by Crippen LogP contribution is 2.24. The van der Waals surface area contributed by atoms with Gasteiger partial charge in [-0.15, -0.1) is 0 Å². The SMILES string of the molecule is CCC(NCc1ccc(O)cc1O)c1ccc(Br)cc1. The van der Waals surface area contributed by atoms with E-state index in [0.29, 0.717) is 6.54 Å². The largest absolute Gasteiger partial charge is 0.508 e. The fourth-order valence-electron chi connectivity index (χ4n) is 2.13. The Morgan fingerprint density at radius 1 is 1.10 bits per heavy atom. The van der Waals surface area contributed by atoms with Crippen LogP contribution in [0.4, 0.5) is 0 Å². The lowest BCUT2D eigenvalue weighted by atomic mass is 10.0. The van der Waals surface area contributed by atoms with E-state index >= 15 is 0 Å². The zero-order chi connectivity index (χ0) is 14.5. The molecule has 0 spiro atoms. The Balaban J connectivity index is 2.05. The first-order valence-electron chi connectivity index (χ1n) is 6.60. The molecule has 4 heteroatoms. The first-order chi connectivity index (χ1) is 9.60. The molecule has 0 saturated carbocycles. The van der Waals surface area contributed by atoms with E-state index in [4.69, 9.17) is 0 Å². The molecule has 0 bridgehead atoms. The zero-order valence-corrected chi connectivity index (χ0v) is 12.9. The molecule has 0 aromatic heterocycles. The molecule has 0 fully saturated rings. The molecule has 0 aliphatic rings. The summed E-state index contributed by atoms with van der Waals surface area (Å²) in [4.78, 5) is 0. The molecule has 0 saturated heterocycles. The Morgan fingerprint density at radius 3 is 2.40 bits per heavy atom. The molecule has 0 amide bonds. The maximum absolute atomic E-state index is 9.78. The van der Waals surface area contributed by atoms with Gasteiger partial charge < -0.3 is 15.5 Å². The Kier molecular flexibility index (Phi) is 5.04. The molecule has 2 rings (SSSR count). The number of benzene rings is 2. The molecule has 1 atom stereocenters. The van der Waals surface area contributed by atoms with Crippen LogP contribution in [0.2, 0.25) is 0 Å². The number of phenols is 2. The maximum atomic E-state index is 9.78. The summed E-state index contributed by atoms with van der Waals surface area (Å²) in [6, 6.07) is 13.1. The van der Waals surface area contributed by atoms with Gasteiger partial charge in [-0.05, 0) is 30.2 Å². The smallest absolute Gasteiger partial charge is 0.123 e. The number of rotatable bonds is 5. The van der Waals surface area contributed by atoms with Crippen molar-refractivity contribution in [3.8, 4) is 11.5 Å². The van der Waals surface area contributed by atoms with E-state index in [1.165, 1.54) is 11.6 Å². The minimum absolute atomic E-state index is 0.0752. The number of nitrogens with one attached hydrogen (secondary N) is 1. The van der Waals surface area contributed by atoms with Gasteiger partial charge in [0.15, 0.2) is 0 Å². The van der Waals surface area contributed by atoms with E-state index in [9.17, 15) is 10.2 Å². The first kappa shape index (κ1) is 14.9. The second kappa shape index (κ2) is 6.77. The van der Waals surface area contributed by atoms with Crippen LogP contribution < -0.4 is 5.32 Å². The summed E-state index contributed by atoms with van der Waals surface area (Å²) in [6.45, 7) is 2.68. The van der Waals surface area contributed by atoms with Gasteiger partial charge in [0.05, 0.1) is 0 Å². The fraction of sp³-hybridized carbons (Fsp3) is 0.250. The van der Waals surface area contributed by atoms with Crippen molar-refractivity contribution in [3.63, 3.8) is 0 Å². The summed E-state index contributed by atoms with van der Waals surface area (Å²) >= 11 is 3.43. The molecule has 20 heavy (non-hydrogen) atoms. The van der Waals surface area contributed by atoms with Crippen molar-refractivity contribution in [1.29, 1.82) is 0 Å². The fourth-order valence-corrected chi connectivity index (χ4v) is 2.39. The van der Waals surface area contributed by atoms with Crippen LogP contribution in [0.3, 0.4) is 0 Å². The molecule has 2 aromatic rings. The van der Waals surface area contributed by atoms with E-state index in [-0.39, 0.29) is 17.5 Å². The summed E-state index contributed by atoms with van der Waals surface area (Å²) in [5.74, 6) is 0.189. The monoisotopic (exact) mass is 335 g/mol. The lowest BCUT2D eigenvalue weighted by molar-refractivity contribution is 0.438. The summed E-state index contributed by atoms with van der Waals surface area (Å²) in [7, 11) is 0. The molecular weight excluding hydrogens is 318 g/mol. The van der Waals surface area contributed by atoms with Crippen molar-refractivity contribution in [2.75, 3.05) is 0 Å². The minimum atomic E-state index is 0.0752. The minimum Gasteiger partial charge on any atom is -0.508 e. The summed E-state index contributed by atoms with van der Waals surface area (Å²) in [5, 5.41) is 22.5. The average molecular weight is 336 g/mol. The van der Waals surface area contributed by atoms with Gasteiger partial charge in [0.25, 0.3) is 0 Å². The lowest BCUT2D eigenvalue weighted by Gasteiger charge is -2.18. The normalized spacial score (nSPS) is 12.3. The van der Waals surface area contributed by atoms with Crippen molar-refractivity contribution in [2.45, 2.75) is 25.9 Å². The molecule has 0 aliphatic carbocycles. The van der Waals surface area contributed by atoms with Crippen LogP contribution in [0.15, 0.2) is 46.9 Å². The number of aromatic hydroxyl groups is 2. The van der Waals surface area contributed by atoms with E-state index in [2.05, 4.69) is 40.3 Å². The number of halogens is 1. The predicted molar refractivity (Wildman–Crippen MR) is 83.8 cm³/mol. The van der Waals surface area contributed by atoms with E-state index in [1.807, 2.05) is 12.1 Å². The molecule has 0 radical (unpaired) electrons. The van der Waals surface area contributed by atoms with Crippen molar-refractivity contribution >= 4 is 15.9 Å². The summed E-state index contributed by atoms with van der Waals surface area (Å²) in [6.07, 6.45) is 0.959. The van der Waals surface area contributed by atoms with Gasteiger partial charge in [-0.1, -0.05) is 41.1 Å². The Bertz CT molecular complexity index is 569. The topological polar surface area (TPSA) is 52.5 Å². The second-order valence-corrected chi connectivity index (χ2v) is 5.62. The molecule has 2 aromatic carbocycles. The van der Waals surface area contributed by atoms with Crippen molar-refractivity contribution < 1.29 is 10.2 Å². The van der Waals surface area contributed by atoms with Crippen LogP contribution in [0.5, 0.6) is 11.5 Å². The third-order valence-corrected chi connectivity index (χ3v) is 3.82. The van der Waals surface area contributed by atoms with Crippen molar-refractivity contribution in [2.24, 2.45) is 0 Å². The van der Waals surface area contributed by atoms with Gasteiger partial charge in [0.1, 0.15) is 11.5 Å². The van der Waals surface area contributed by atoms with E-state index < -0.39 is 0 Å². The standard InChI is InChI=1S/C16H18BrNO2/c1-2-15(11-3-6-13(17)7-4-11)18-10-12-5-8-14(19)9-16(12)20/h3-9,15,18-20H,2,10H2,1H3. The molecule has 3 nitrogen and oxygen atoms in total. The molecular formula is C16H18BrNO2. The Labute approximate surface area is 127 Å². The zero-order valence-electron chi connectivity index (χ0n) is 11.3.